The molecule has 0 amide bonds. The first-order valence-corrected chi connectivity index (χ1v) is 10.1. The van der Waals surface area contributed by atoms with Crippen molar-refractivity contribution in [1.82, 2.24) is 0 Å². The summed E-state index contributed by atoms with van der Waals surface area (Å²) in [5, 5.41) is 10.3. The van der Waals surface area contributed by atoms with Gasteiger partial charge in [0.1, 0.15) is 11.5 Å². The number of alkyl halides is 1. The topological polar surface area (TPSA) is 29.5 Å². The van der Waals surface area contributed by atoms with Crippen LogP contribution in [0.2, 0.25) is 0 Å². The van der Waals surface area contributed by atoms with E-state index in [1.54, 1.807) is 12.1 Å². The molecule has 3 aromatic carbocycles. The first kappa shape index (κ1) is 20.3. The lowest BCUT2D eigenvalue weighted by molar-refractivity contribution is 0.309. The maximum absolute atomic E-state index is 9.65. The van der Waals surface area contributed by atoms with Crippen LogP contribution in [-0.4, -0.2) is 17.6 Å². The summed E-state index contributed by atoms with van der Waals surface area (Å²) in [4.78, 5) is 0. The van der Waals surface area contributed by atoms with Gasteiger partial charge in [0.15, 0.2) is 0 Å². The van der Waals surface area contributed by atoms with E-state index in [0.717, 1.165) is 40.9 Å². The van der Waals surface area contributed by atoms with Gasteiger partial charge >= 0.3 is 0 Å². The predicted molar refractivity (Wildman–Crippen MR) is 118 cm³/mol. The van der Waals surface area contributed by atoms with Crippen molar-refractivity contribution in [3.8, 4) is 11.5 Å². The van der Waals surface area contributed by atoms with Gasteiger partial charge in [-0.1, -0.05) is 66.2 Å². The van der Waals surface area contributed by atoms with Crippen LogP contribution in [-0.2, 0) is 0 Å². The molecule has 0 saturated heterocycles. The minimum atomic E-state index is 0.222. The molecule has 0 saturated carbocycles. The molecule has 3 aromatic rings. The molecule has 0 aliphatic carbocycles. The summed E-state index contributed by atoms with van der Waals surface area (Å²) in [5.41, 5.74) is 3.75. The molecule has 2 nitrogen and oxygen atoms in total. The molecule has 144 valence electrons. The highest BCUT2D eigenvalue weighted by atomic mass is 35.5. The van der Waals surface area contributed by atoms with Gasteiger partial charge < -0.3 is 9.84 Å². The molecule has 0 atom stereocenters. The molecule has 0 bridgehead atoms. The number of halogens is 2. The summed E-state index contributed by atoms with van der Waals surface area (Å²) in [7, 11) is 0. The Morgan fingerprint density at radius 3 is 1.96 bits per heavy atom. The Morgan fingerprint density at radius 2 is 1.36 bits per heavy atom. The number of unbranched alkanes of at least 4 members (excludes halogenated alkanes) is 1. The molecule has 0 radical (unpaired) electrons. The van der Waals surface area contributed by atoms with E-state index in [1.165, 1.54) is 0 Å². The van der Waals surface area contributed by atoms with E-state index < -0.39 is 0 Å². The lowest BCUT2D eigenvalue weighted by atomic mass is 9.95. The lowest BCUT2D eigenvalue weighted by Crippen LogP contribution is -1.98. The molecule has 0 aliphatic heterocycles. The highest BCUT2D eigenvalue weighted by molar-refractivity contribution is 6.53. The summed E-state index contributed by atoms with van der Waals surface area (Å²) in [6.07, 6.45) is 1.88. The number of ether oxygens (including phenoxy) is 1. The Hall–Kier alpha value is -2.42. The maximum Gasteiger partial charge on any atom is 0.119 e. The first-order valence-electron chi connectivity index (χ1n) is 9.23. The Balaban J connectivity index is 1.94. The summed E-state index contributed by atoms with van der Waals surface area (Å²) < 4.78 is 5.77. The zero-order valence-corrected chi connectivity index (χ0v) is 17.0. The fraction of sp³-hybridized carbons (Fsp3) is 0.167. The highest BCUT2D eigenvalue weighted by Gasteiger charge is 2.13. The van der Waals surface area contributed by atoms with E-state index in [1.807, 2.05) is 66.7 Å². The number of hydrogen-bond acceptors (Lipinski definition) is 2. The van der Waals surface area contributed by atoms with Crippen LogP contribution in [0.5, 0.6) is 11.5 Å². The summed E-state index contributed by atoms with van der Waals surface area (Å²) in [5.74, 6) is 1.69. The van der Waals surface area contributed by atoms with Crippen molar-refractivity contribution in [3.63, 3.8) is 0 Å². The predicted octanol–water partition coefficient (Wildman–Crippen LogP) is 6.95. The summed E-state index contributed by atoms with van der Waals surface area (Å²) in [6, 6.07) is 24.8. The molecule has 0 aromatic heterocycles. The number of phenolic OH excluding ortho intramolecular Hbond substituents is 1. The SMILES string of the molecule is Oc1ccc(/C(=C(/Cl)c2ccccc2)c2ccc(OCCCCCl)cc2)cc1. The Labute approximate surface area is 176 Å². The molecule has 0 unspecified atom stereocenters. The van der Waals surface area contributed by atoms with Gasteiger partial charge in [0, 0.05) is 11.5 Å². The molecule has 0 heterocycles. The number of rotatable bonds is 8. The molecule has 0 spiro atoms. The number of hydrogen-bond donors (Lipinski definition) is 1. The van der Waals surface area contributed by atoms with Crippen molar-refractivity contribution < 1.29 is 9.84 Å². The van der Waals surface area contributed by atoms with E-state index in [4.69, 9.17) is 27.9 Å². The van der Waals surface area contributed by atoms with Gasteiger partial charge in [-0.05, 0) is 53.8 Å². The van der Waals surface area contributed by atoms with Crippen LogP contribution in [0, 0.1) is 0 Å². The molecular weight excluding hydrogens is 391 g/mol. The van der Waals surface area contributed by atoms with E-state index in [9.17, 15) is 5.11 Å². The molecule has 1 N–H and O–H groups in total. The summed E-state index contributed by atoms with van der Waals surface area (Å²) in [6.45, 7) is 0.650. The largest absolute Gasteiger partial charge is 0.508 e. The monoisotopic (exact) mass is 412 g/mol. The van der Waals surface area contributed by atoms with Crippen LogP contribution in [0.4, 0.5) is 0 Å². The van der Waals surface area contributed by atoms with Crippen LogP contribution >= 0.6 is 23.2 Å². The van der Waals surface area contributed by atoms with Gasteiger partial charge in [0.25, 0.3) is 0 Å². The minimum absolute atomic E-state index is 0.222. The minimum Gasteiger partial charge on any atom is -0.508 e. The van der Waals surface area contributed by atoms with E-state index in [2.05, 4.69) is 0 Å². The van der Waals surface area contributed by atoms with Crippen LogP contribution in [0.25, 0.3) is 10.6 Å². The fourth-order valence-electron chi connectivity index (χ4n) is 2.88. The third-order valence-corrected chi connectivity index (χ3v) is 5.02. The zero-order chi connectivity index (χ0) is 19.8. The van der Waals surface area contributed by atoms with Crippen LogP contribution in [0.1, 0.15) is 29.5 Å². The standard InChI is InChI=1S/C24H22Cl2O2/c25-16-4-5-17-28-22-14-10-19(11-15-22)23(18-8-12-21(27)13-9-18)24(26)20-6-2-1-3-7-20/h1-3,6-15,27H,4-5,16-17H2/b24-23-. The third kappa shape index (κ3) is 5.31. The normalized spacial score (nSPS) is 11.8. The molecule has 0 aliphatic rings. The van der Waals surface area contributed by atoms with Crippen LogP contribution in [0.3, 0.4) is 0 Å². The average Bonchev–Trinajstić information content (AvgIpc) is 2.74. The Kier molecular flexibility index (Phi) is 7.41. The van der Waals surface area contributed by atoms with Crippen molar-refractivity contribution in [1.29, 1.82) is 0 Å². The van der Waals surface area contributed by atoms with Gasteiger partial charge in [-0.15, -0.1) is 11.6 Å². The van der Waals surface area contributed by atoms with Crippen LogP contribution < -0.4 is 4.74 Å². The lowest BCUT2D eigenvalue weighted by Gasteiger charge is -2.14. The van der Waals surface area contributed by atoms with E-state index in [-0.39, 0.29) is 5.75 Å². The second kappa shape index (κ2) is 10.2. The summed E-state index contributed by atoms with van der Waals surface area (Å²) >= 11 is 12.5. The number of aromatic hydroxyl groups is 1. The van der Waals surface area contributed by atoms with Gasteiger partial charge in [-0.3, -0.25) is 0 Å². The van der Waals surface area contributed by atoms with Crippen molar-refractivity contribution in [2.45, 2.75) is 12.8 Å². The third-order valence-electron chi connectivity index (χ3n) is 4.34. The molecule has 4 heteroatoms. The van der Waals surface area contributed by atoms with E-state index >= 15 is 0 Å². The fourth-order valence-corrected chi connectivity index (χ4v) is 3.41. The Bertz CT molecular complexity index is 902. The van der Waals surface area contributed by atoms with Gasteiger partial charge in [-0.25, -0.2) is 0 Å². The Morgan fingerprint density at radius 1 is 0.750 bits per heavy atom. The number of phenols is 1. The molecule has 28 heavy (non-hydrogen) atoms. The average molecular weight is 413 g/mol. The maximum atomic E-state index is 9.65. The van der Waals surface area contributed by atoms with Crippen molar-refractivity contribution in [2.24, 2.45) is 0 Å². The van der Waals surface area contributed by atoms with Gasteiger partial charge in [0.2, 0.25) is 0 Å². The second-order valence-corrected chi connectivity index (χ2v) is 7.13. The second-order valence-electron chi connectivity index (χ2n) is 6.37. The quantitative estimate of drug-likeness (QED) is 0.246. The van der Waals surface area contributed by atoms with Crippen molar-refractivity contribution in [3.05, 3.63) is 95.6 Å². The first-order chi connectivity index (χ1) is 13.7. The van der Waals surface area contributed by atoms with E-state index in [0.29, 0.717) is 17.5 Å². The molecular formula is C24H22Cl2O2. The smallest absolute Gasteiger partial charge is 0.119 e. The molecule has 0 fully saturated rings. The van der Waals surface area contributed by atoms with Crippen LogP contribution in [0.15, 0.2) is 78.9 Å². The number of benzene rings is 3. The van der Waals surface area contributed by atoms with Crippen molar-refractivity contribution in [2.75, 3.05) is 12.5 Å². The van der Waals surface area contributed by atoms with Gasteiger partial charge in [-0.2, -0.15) is 0 Å². The zero-order valence-electron chi connectivity index (χ0n) is 15.4. The molecule has 3 rings (SSSR count). The highest BCUT2D eigenvalue weighted by Crippen LogP contribution is 2.36. The van der Waals surface area contributed by atoms with Gasteiger partial charge in [0.05, 0.1) is 11.6 Å². The van der Waals surface area contributed by atoms with Crippen molar-refractivity contribution >= 4 is 33.8 Å².